The number of rotatable bonds is 2. The lowest BCUT2D eigenvalue weighted by Crippen LogP contribution is -2.26. The number of nitrogens with zero attached hydrogens (tertiary/aromatic N) is 1. The Morgan fingerprint density at radius 3 is 2.03 bits per heavy atom. The average molecular weight is 464 g/mol. The highest BCUT2D eigenvalue weighted by molar-refractivity contribution is 6.12. The van der Waals surface area contributed by atoms with Crippen LogP contribution < -0.4 is 0 Å². The van der Waals surface area contributed by atoms with Gasteiger partial charge in [0.15, 0.2) is 0 Å². The maximum atomic E-state index is 2.50. The molecule has 0 unspecified atom stereocenters. The Hall–Kier alpha value is -4.10. The lowest BCUT2D eigenvalue weighted by atomic mass is 9.73. The molecule has 1 aliphatic rings. The SMILES string of the molecule is Cc1ccc2c(c1)c1cc(C)cc3c1n2-c1ccc(-c2cccc(-c4ccccc4)c2)cc1C3(C)C. The number of aromatic nitrogens is 1. The molecule has 0 saturated carbocycles. The van der Waals surface area contributed by atoms with E-state index in [0.29, 0.717) is 0 Å². The van der Waals surface area contributed by atoms with E-state index in [9.17, 15) is 0 Å². The Kier molecular flexibility index (Phi) is 4.39. The molecule has 0 spiro atoms. The Balaban J connectivity index is 1.49. The fourth-order valence-corrected chi connectivity index (χ4v) is 6.20. The van der Waals surface area contributed by atoms with Crippen molar-refractivity contribution in [1.29, 1.82) is 0 Å². The van der Waals surface area contributed by atoms with E-state index in [2.05, 4.69) is 135 Å². The lowest BCUT2D eigenvalue weighted by molar-refractivity contribution is 0.630. The summed E-state index contributed by atoms with van der Waals surface area (Å²) < 4.78 is 2.50. The third kappa shape index (κ3) is 2.96. The summed E-state index contributed by atoms with van der Waals surface area (Å²) in [6.45, 7) is 9.19. The molecule has 1 nitrogen and oxygen atoms in total. The van der Waals surface area contributed by atoms with Crippen LogP contribution in [0.3, 0.4) is 0 Å². The van der Waals surface area contributed by atoms with Crippen LogP contribution >= 0.6 is 0 Å². The van der Waals surface area contributed by atoms with Gasteiger partial charge in [0.2, 0.25) is 0 Å². The van der Waals surface area contributed by atoms with Crippen molar-refractivity contribution >= 4 is 21.8 Å². The molecule has 1 aliphatic heterocycles. The molecule has 6 aromatic rings. The molecule has 0 amide bonds. The van der Waals surface area contributed by atoms with Crippen molar-refractivity contribution in [2.24, 2.45) is 0 Å². The highest BCUT2D eigenvalue weighted by Gasteiger charge is 2.35. The zero-order valence-corrected chi connectivity index (χ0v) is 21.3. The van der Waals surface area contributed by atoms with Gasteiger partial charge in [-0.15, -0.1) is 0 Å². The van der Waals surface area contributed by atoms with Crippen molar-refractivity contribution in [1.82, 2.24) is 4.57 Å². The molecule has 36 heavy (non-hydrogen) atoms. The molecule has 0 radical (unpaired) electrons. The van der Waals surface area contributed by atoms with Crippen LogP contribution in [0.4, 0.5) is 0 Å². The first kappa shape index (κ1) is 21.2. The van der Waals surface area contributed by atoms with Gasteiger partial charge in [0.25, 0.3) is 0 Å². The van der Waals surface area contributed by atoms with E-state index in [0.717, 1.165) is 0 Å². The van der Waals surface area contributed by atoms with Gasteiger partial charge in [0.1, 0.15) is 0 Å². The molecule has 5 aromatic carbocycles. The summed E-state index contributed by atoms with van der Waals surface area (Å²) in [4.78, 5) is 0. The summed E-state index contributed by atoms with van der Waals surface area (Å²) in [5.74, 6) is 0. The molecule has 0 fully saturated rings. The molecule has 0 atom stereocenters. The summed E-state index contributed by atoms with van der Waals surface area (Å²) in [7, 11) is 0. The molecular weight excluding hydrogens is 434 g/mol. The number of fused-ring (bicyclic) bond motifs is 5. The Bertz CT molecular complexity index is 1820. The zero-order valence-electron chi connectivity index (χ0n) is 21.3. The minimum atomic E-state index is -0.105. The topological polar surface area (TPSA) is 4.93 Å². The fourth-order valence-electron chi connectivity index (χ4n) is 6.20. The maximum Gasteiger partial charge on any atom is 0.0582 e. The van der Waals surface area contributed by atoms with Crippen molar-refractivity contribution in [3.63, 3.8) is 0 Å². The van der Waals surface area contributed by atoms with E-state index in [4.69, 9.17) is 0 Å². The zero-order chi connectivity index (χ0) is 24.6. The van der Waals surface area contributed by atoms with E-state index in [1.54, 1.807) is 0 Å². The summed E-state index contributed by atoms with van der Waals surface area (Å²) in [5, 5.41) is 2.71. The molecule has 1 aromatic heterocycles. The molecule has 0 aliphatic carbocycles. The second kappa shape index (κ2) is 7.45. The van der Waals surface area contributed by atoms with E-state index >= 15 is 0 Å². The van der Waals surface area contributed by atoms with Crippen molar-refractivity contribution in [2.75, 3.05) is 0 Å². The number of hydrogen-bond acceptors (Lipinski definition) is 0. The van der Waals surface area contributed by atoms with Gasteiger partial charge in [-0.1, -0.05) is 91.7 Å². The van der Waals surface area contributed by atoms with Crippen LogP contribution in [0.5, 0.6) is 0 Å². The molecule has 0 saturated heterocycles. The maximum absolute atomic E-state index is 2.50. The van der Waals surface area contributed by atoms with Crippen LogP contribution in [0.2, 0.25) is 0 Å². The van der Waals surface area contributed by atoms with Crippen LogP contribution in [0.1, 0.15) is 36.1 Å². The predicted molar refractivity (Wildman–Crippen MR) is 153 cm³/mol. The molecule has 174 valence electrons. The average Bonchev–Trinajstić information content (AvgIpc) is 3.21. The van der Waals surface area contributed by atoms with Gasteiger partial charge in [0, 0.05) is 16.2 Å². The van der Waals surface area contributed by atoms with Crippen molar-refractivity contribution in [2.45, 2.75) is 33.1 Å². The number of hydrogen-bond donors (Lipinski definition) is 0. The summed E-state index contributed by atoms with van der Waals surface area (Å²) in [6.07, 6.45) is 0. The van der Waals surface area contributed by atoms with Gasteiger partial charge in [-0.05, 0) is 83.6 Å². The van der Waals surface area contributed by atoms with Crippen LogP contribution in [-0.2, 0) is 5.41 Å². The molecule has 0 bridgehead atoms. The highest BCUT2D eigenvalue weighted by atomic mass is 15.0. The summed E-state index contributed by atoms with van der Waals surface area (Å²) in [5.41, 5.74) is 14.3. The van der Waals surface area contributed by atoms with Gasteiger partial charge in [0.05, 0.1) is 16.7 Å². The normalized spacial score (nSPS) is 13.8. The van der Waals surface area contributed by atoms with Gasteiger partial charge in [-0.2, -0.15) is 0 Å². The highest BCUT2D eigenvalue weighted by Crippen LogP contribution is 2.48. The quantitative estimate of drug-likeness (QED) is 0.241. The summed E-state index contributed by atoms with van der Waals surface area (Å²) in [6, 6.07) is 38.3. The van der Waals surface area contributed by atoms with Crippen LogP contribution in [0.25, 0.3) is 49.7 Å². The van der Waals surface area contributed by atoms with Gasteiger partial charge >= 0.3 is 0 Å². The first-order valence-electron chi connectivity index (χ1n) is 12.8. The Morgan fingerprint density at radius 2 is 1.22 bits per heavy atom. The van der Waals surface area contributed by atoms with Crippen molar-refractivity contribution in [3.05, 3.63) is 125 Å². The minimum absolute atomic E-state index is 0.105. The molecule has 0 N–H and O–H groups in total. The van der Waals surface area contributed by atoms with E-state index < -0.39 is 0 Å². The monoisotopic (exact) mass is 463 g/mol. The number of benzene rings is 5. The van der Waals surface area contributed by atoms with Crippen molar-refractivity contribution < 1.29 is 0 Å². The standard InChI is InChI=1S/C35H29N/c1-22-13-15-32-28(17-22)29-18-23(2)19-31-34(29)36(32)33-16-14-27(21-30(33)35(31,3)4)26-12-8-11-25(20-26)24-9-6-5-7-10-24/h5-21H,1-4H3. The van der Waals surface area contributed by atoms with E-state index in [-0.39, 0.29) is 5.41 Å². The predicted octanol–water partition coefficient (Wildman–Crippen LogP) is 9.37. The van der Waals surface area contributed by atoms with Crippen LogP contribution in [0, 0.1) is 13.8 Å². The molecule has 2 heterocycles. The Morgan fingerprint density at radius 1 is 0.528 bits per heavy atom. The lowest BCUT2D eigenvalue weighted by Gasteiger charge is -2.35. The van der Waals surface area contributed by atoms with E-state index in [1.165, 1.54) is 72.0 Å². The molecule has 1 heteroatoms. The van der Waals surface area contributed by atoms with Crippen LogP contribution in [0.15, 0.2) is 103 Å². The third-order valence-electron chi connectivity index (χ3n) is 8.05. The molecular formula is C35H29N. The van der Waals surface area contributed by atoms with Crippen LogP contribution in [-0.4, -0.2) is 4.57 Å². The van der Waals surface area contributed by atoms with Gasteiger partial charge in [-0.3, -0.25) is 0 Å². The third-order valence-corrected chi connectivity index (χ3v) is 8.05. The second-order valence-electron chi connectivity index (χ2n) is 10.9. The minimum Gasteiger partial charge on any atom is -0.309 e. The largest absolute Gasteiger partial charge is 0.309 e. The Labute approximate surface area is 212 Å². The fraction of sp³-hybridized carbons (Fsp3) is 0.143. The summed E-state index contributed by atoms with van der Waals surface area (Å²) >= 11 is 0. The van der Waals surface area contributed by atoms with E-state index in [1.807, 2.05) is 0 Å². The number of aryl methyl sites for hydroxylation is 2. The first-order chi connectivity index (χ1) is 17.4. The first-order valence-corrected chi connectivity index (χ1v) is 12.8. The van der Waals surface area contributed by atoms with Crippen molar-refractivity contribution in [3.8, 4) is 27.9 Å². The van der Waals surface area contributed by atoms with Gasteiger partial charge < -0.3 is 4.57 Å². The molecule has 7 rings (SSSR count). The second-order valence-corrected chi connectivity index (χ2v) is 10.9. The van der Waals surface area contributed by atoms with Gasteiger partial charge in [-0.25, -0.2) is 0 Å². The smallest absolute Gasteiger partial charge is 0.0582 e.